The summed E-state index contributed by atoms with van der Waals surface area (Å²) >= 11 is 2.64. The van der Waals surface area contributed by atoms with Gasteiger partial charge in [0.05, 0.1) is 51.0 Å². The van der Waals surface area contributed by atoms with Crippen molar-refractivity contribution in [2.45, 2.75) is 56.5 Å². The van der Waals surface area contributed by atoms with Crippen LogP contribution in [0, 0.1) is 0 Å². The number of rotatable bonds is 13. The van der Waals surface area contributed by atoms with Gasteiger partial charge < -0.3 is 29.6 Å². The first-order valence-corrected chi connectivity index (χ1v) is 16.9. The van der Waals surface area contributed by atoms with Crippen molar-refractivity contribution in [3.05, 3.63) is 69.9 Å². The van der Waals surface area contributed by atoms with E-state index < -0.39 is 11.2 Å². The summed E-state index contributed by atoms with van der Waals surface area (Å²) in [4.78, 5) is 40.8. The normalized spacial score (nSPS) is 12.9. The van der Waals surface area contributed by atoms with E-state index in [-0.39, 0.29) is 25.0 Å². The first-order valence-electron chi connectivity index (χ1n) is 15.2. The minimum atomic E-state index is -0.631. The van der Waals surface area contributed by atoms with Crippen molar-refractivity contribution in [3.8, 4) is 22.9 Å². The molecule has 1 aliphatic rings. The second-order valence-corrected chi connectivity index (χ2v) is 13.0. The van der Waals surface area contributed by atoms with E-state index in [4.69, 9.17) is 18.9 Å². The zero-order chi connectivity index (χ0) is 33.5. The molecule has 2 heterocycles. The van der Waals surface area contributed by atoms with Crippen LogP contribution in [0.25, 0.3) is 5.69 Å². The molecule has 0 fully saturated rings. The minimum Gasteiger partial charge on any atom is -0.497 e. The molecule has 5 rings (SSSR count). The number of esters is 1. The first-order chi connectivity index (χ1) is 22.8. The van der Waals surface area contributed by atoms with E-state index in [0.29, 0.717) is 50.0 Å². The van der Waals surface area contributed by atoms with Gasteiger partial charge in [0, 0.05) is 16.5 Å². The number of anilines is 1. The quantitative estimate of drug-likeness (QED) is 0.138. The summed E-state index contributed by atoms with van der Waals surface area (Å²) in [5, 5.41) is 15.0. The average Bonchev–Trinajstić information content (AvgIpc) is 3.67. The van der Waals surface area contributed by atoms with Crippen LogP contribution in [0.2, 0.25) is 0 Å². The van der Waals surface area contributed by atoms with Gasteiger partial charge in [0.1, 0.15) is 22.2 Å². The number of hydrogen-bond acceptors (Lipinski definition) is 11. The van der Waals surface area contributed by atoms with Crippen molar-refractivity contribution in [2.75, 3.05) is 33.3 Å². The molecule has 0 bridgehead atoms. The SMILES string of the molecule is CCOC(=O)c1c(NC(=O)[C@H](C)Sc2nnc(CNC(=O)c3cc(OC)cc(OC)c3)n2-c2ccccc2OC)sc2c1CCCC2. The number of benzene rings is 2. The highest BCUT2D eigenvalue weighted by Crippen LogP contribution is 2.39. The highest BCUT2D eigenvalue weighted by atomic mass is 32.2. The predicted octanol–water partition coefficient (Wildman–Crippen LogP) is 5.46. The number of ether oxygens (including phenoxy) is 4. The first kappa shape index (κ1) is 33.8. The highest BCUT2D eigenvalue weighted by molar-refractivity contribution is 8.00. The van der Waals surface area contributed by atoms with Gasteiger partial charge in [-0.05, 0) is 69.4 Å². The summed E-state index contributed by atoms with van der Waals surface area (Å²) in [5.74, 6) is 0.857. The molecule has 0 saturated carbocycles. The fourth-order valence-electron chi connectivity index (χ4n) is 5.25. The van der Waals surface area contributed by atoms with Gasteiger partial charge in [-0.15, -0.1) is 21.5 Å². The number of amides is 2. The van der Waals surface area contributed by atoms with Crippen molar-refractivity contribution in [3.63, 3.8) is 0 Å². The van der Waals surface area contributed by atoms with Crippen LogP contribution in [0.4, 0.5) is 5.00 Å². The Bertz CT molecular complexity index is 1750. The average molecular weight is 680 g/mol. The van der Waals surface area contributed by atoms with Crippen LogP contribution in [-0.4, -0.2) is 65.7 Å². The van der Waals surface area contributed by atoms with Crippen LogP contribution >= 0.6 is 23.1 Å². The third-order valence-electron chi connectivity index (χ3n) is 7.59. The van der Waals surface area contributed by atoms with E-state index in [1.165, 1.54) is 37.3 Å². The molecule has 1 atom stereocenters. The van der Waals surface area contributed by atoms with Gasteiger partial charge in [0.2, 0.25) is 5.91 Å². The molecule has 2 aromatic heterocycles. The van der Waals surface area contributed by atoms with Gasteiger partial charge in [-0.2, -0.15) is 0 Å². The molecule has 4 aromatic rings. The van der Waals surface area contributed by atoms with E-state index in [2.05, 4.69) is 20.8 Å². The fourth-order valence-corrected chi connectivity index (χ4v) is 7.41. The molecule has 12 nitrogen and oxygen atoms in total. The maximum Gasteiger partial charge on any atom is 0.341 e. The van der Waals surface area contributed by atoms with Gasteiger partial charge >= 0.3 is 5.97 Å². The minimum absolute atomic E-state index is 0.0220. The number of thioether (sulfide) groups is 1. The van der Waals surface area contributed by atoms with Crippen LogP contribution in [0.15, 0.2) is 47.6 Å². The van der Waals surface area contributed by atoms with Gasteiger partial charge in [-0.3, -0.25) is 14.2 Å². The molecule has 0 aliphatic heterocycles. The maximum absolute atomic E-state index is 13.6. The molecule has 0 unspecified atom stereocenters. The zero-order valence-corrected chi connectivity index (χ0v) is 28.5. The van der Waals surface area contributed by atoms with Crippen molar-refractivity contribution in [2.24, 2.45) is 0 Å². The molecule has 0 spiro atoms. The largest absolute Gasteiger partial charge is 0.497 e. The number of methoxy groups -OCH3 is 3. The van der Waals surface area contributed by atoms with Crippen molar-refractivity contribution in [1.29, 1.82) is 0 Å². The van der Waals surface area contributed by atoms with Crippen LogP contribution in [0.5, 0.6) is 17.2 Å². The Morgan fingerprint density at radius 3 is 2.43 bits per heavy atom. The van der Waals surface area contributed by atoms with Gasteiger partial charge in [0.15, 0.2) is 11.0 Å². The standard InChI is InChI=1S/C33H37N5O7S2/c1-6-45-32(41)28-23-11-7-10-14-26(23)47-31(28)35-29(39)19(2)46-33-37-36-27(38(33)24-12-8-9-13-25(24)44-5)18-34-30(40)20-15-21(42-3)17-22(16-20)43-4/h8-9,12-13,15-17,19H,6-7,10-11,14,18H2,1-5H3,(H,34,40)(H,35,39)/t19-/m0/s1. The number of thiophene rings is 1. The van der Waals surface area contributed by atoms with E-state index in [0.717, 1.165) is 36.1 Å². The molecule has 248 valence electrons. The summed E-state index contributed by atoms with van der Waals surface area (Å²) in [6, 6.07) is 12.2. The lowest BCUT2D eigenvalue weighted by molar-refractivity contribution is -0.115. The topological polar surface area (TPSA) is 143 Å². The van der Waals surface area contributed by atoms with Crippen LogP contribution in [0.1, 0.15) is 63.7 Å². The second-order valence-electron chi connectivity index (χ2n) is 10.6. The number of nitrogens with zero attached hydrogens (tertiary/aromatic N) is 3. The smallest absolute Gasteiger partial charge is 0.341 e. The number of para-hydroxylation sites is 2. The van der Waals surface area contributed by atoms with Gasteiger partial charge in [0.25, 0.3) is 5.91 Å². The third-order valence-corrected chi connectivity index (χ3v) is 9.84. The van der Waals surface area contributed by atoms with Crippen molar-refractivity contribution >= 4 is 45.9 Å². The number of hydrogen-bond donors (Lipinski definition) is 2. The summed E-state index contributed by atoms with van der Waals surface area (Å²) in [6.45, 7) is 3.80. The number of carbonyl (C=O) groups excluding carboxylic acids is 3. The van der Waals surface area contributed by atoms with Crippen LogP contribution in [0.3, 0.4) is 0 Å². The van der Waals surface area contributed by atoms with E-state index in [1.54, 1.807) is 49.8 Å². The second kappa shape index (κ2) is 15.4. The number of aromatic nitrogens is 3. The number of fused-ring (bicyclic) bond motifs is 1. The highest BCUT2D eigenvalue weighted by Gasteiger charge is 2.29. The lowest BCUT2D eigenvalue weighted by Gasteiger charge is -2.16. The molecule has 0 saturated heterocycles. The monoisotopic (exact) mass is 679 g/mol. The Kier molecular flexibility index (Phi) is 11.0. The molecule has 2 N–H and O–H groups in total. The van der Waals surface area contributed by atoms with E-state index >= 15 is 0 Å². The summed E-state index contributed by atoms with van der Waals surface area (Å²) in [7, 11) is 4.59. The number of nitrogens with one attached hydrogen (secondary N) is 2. The van der Waals surface area contributed by atoms with E-state index in [1.807, 2.05) is 18.2 Å². The van der Waals surface area contributed by atoms with Crippen molar-refractivity contribution in [1.82, 2.24) is 20.1 Å². The third kappa shape index (κ3) is 7.54. The Balaban J connectivity index is 1.39. The summed E-state index contributed by atoms with van der Waals surface area (Å²) < 4.78 is 23.3. The Morgan fingerprint density at radius 1 is 1.00 bits per heavy atom. The molecule has 14 heteroatoms. The Hall–Kier alpha value is -4.56. The van der Waals surface area contributed by atoms with Crippen molar-refractivity contribution < 1.29 is 33.3 Å². The van der Waals surface area contributed by atoms with Crippen LogP contribution in [-0.2, 0) is 28.9 Å². The maximum atomic E-state index is 13.6. The predicted molar refractivity (Wildman–Crippen MR) is 179 cm³/mol. The number of aryl methyl sites for hydroxylation is 1. The fraction of sp³-hybridized carbons (Fsp3) is 0.364. The van der Waals surface area contributed by atoms with Gasteiger partial charge in [-0.1, -0.05) is 23.9 Å². The summed E-state index contributed by atoms with van der Waals surface area (Å²) in [6.07, 6.45) is 3.70. The Morgan fingerprint density at radius 2 is 1.72 bits per heavy atom. The molecular weight excluding hydrogens is 643 g/mol. The van der Waals surface area contributed by atoms with Gasteiger partial charge in [-0.25, -0.2) is 4.79 Å². The molecule has 0 radical (unpaired) electrons. The molecule has 1 aliphatic carbocycles. The van der Waals surface area contributed by atoms with Crippen LogP contribution < -0.4 is 24.8 Å². The molecular formula is C33H37N5O7S2. The number of carbonyl (C=O) groups is 3. The molecule has 47 heavy (non-hydrogen) atoms. The zero-order valence-electron chi connectivity index (χ0n) is 26.9. The molecule has 2 amide bonds. The Labute approximate surface area is 281 Å². The summed E-state index contributed by atoms with van der Waals surface area (Å²) in [5.41, 5.74) is 2.42. The lowest BCUT2D eigenvalue weighted by Crippen LogP contribution is -2.25. The van der Waals surface area contributed by atoms with E-state index in [9.17, 15) is 14.4 Å². The molecule has 2 aromatic carbocycles. The lowest BCUT2D eigenvalue weighted by atomic mass is 9.95.